The second-order valence-electron chi connectivity index (χ2n) is 3.95. The number of aromatic nitrogens is 1. The highest BCUT2D eigenvalue weighted by atomic mass is 32.2. The molecule has 0 radical (unpaired) electrons. The zero-order chi connectivity index (χ0) is 12.7. The minimum absolute atomic E-state index is 0.123. The van der Waals surface area contributed by atoms with E-state index in [0.717, 1.165) is 24.9 Å². The smallest absolute Gasteiger partial charge is 0.181 e. The van der Waals surface area contributed by atoms with Crippen LogP contribution in [0.25, 0.3) is 0 Å². The van der Waals surface area contributed by atoms with Crippen molar-refractivity contribution in [3.05, 3.63) is 24.0 Å². The van der Waals surface area contributed by atoms with Gasteiger partial charge in [0.1, 0.15) is 0 Å². The number of nitrogens with one attached hydrogen (secondary N) is 1. The summed E-state index contributed by atoms with van der Waals surface area (Å²) >= 11 is 0. The van der Waals surface area contributed by atoms with E-state index in [1.54, 1.807) is 12.3 Å². The summed E-state index contributed by atoms with van der Waals surface area (Å²) in [5.74, 6) is 0.123. The zero-order valence-corrected chi connectivity index (χ0v) is 11.3. The lowest BCUT2D eigenvalue weighted by Gasteiger charge is -2.06. The first kappa shape index (κ1) is 14.1. The Labute approximate surface area is 103 Å². The summed E-state index contributed by atoms with van der Waals surface area (Å²) in [6, 6.07) is 1.73. The van der Waals surface area contributed by atoms with Crippen molar-refractivity contribution in [1.82, 2.24) is 10.3 Å². The predicted octanol–water partition coefficient (Wildman–Crippen LogP) is 1.42. The maximum Gasteiger partial charge on any atom is 0.181 e. The largest absolute Gasteiger partial charge is 0.316 e. The molecular weight excluding hydrogens is 236 g/mol. The topological polar surface area (TPSA) is 59.1 Å². The highest BCUT2D eigenvalue weighted by Crippen LogP contribution is 2.12. The van der Waals surface area contributed by atoms with Gasteiger partial charge in [0.25, 0.3) is 0 Å². The van der Waals surface area contributed by atoms with Crippen LogP contribution in [0.5, 0.6) is 0 Å². The number of rotatable bonds is 7. The molecule has 5 heteroatoms. The summed E-state index contributed by atoms with van der Waals surface area (Å²) in [5.41, 5.74) is 0.983. The van der Waals surface area contributed by atoms with Gasteiger partial charge in [-0.15, -0.1) is 0 Å². The van der Waals surface area contributed by atoms with E-state index in [4.69, 9.17) is 0 Å². The molecule has 1 N–H and O–H groups in total. The molecular formula is C12H20N2O2S. The Kier molecular flexibility index (Phi) is 5.58. The van der Waals surface area contributed by atoms with Crippen LogP contribution in [0.15, 0.2) is 23.4 Å². The lowest BCUT2D eigenvalue weighted by atomic mass is 10.2. The molecule has 0 aliphatic heterocycles. The molecule has 1 rings (SSSR count). The third-order valence-electron chi connectivity index (χ3n) is 2.47. The van der Waals surface area contributed by atoms with Crippen molar-refractivity contribution in [3.8, 4) is 0 Å². The van der Waals surface area contributed by atoms with Crippen LogP contribution >= 0.6 is 0 Å². The van der Waals surface area contributed by atoms with Crippen LogP contribution in [0.3, 0.4) is 0 Å². The minimum atomic E-state index is -3.20. The second-order valence-corrected chi connectivity index (χ2v) is 6.06. The van der Waals surface area contributed by atoms with E-state index < -0.39 is 9.84 Å². The Hall–Kier alpha value is -0.940. The van der Waals surface area contributed by atoms with Gasteiger partial charge in [0.2, 0.25) is 0 Å². The fraction of sp³-hybridized carbons (Fsp3) is 0.583. The number of sulfone groups is 1. The van der Waals surface area contributed by atoms with Crippen LogP contribution in [-0.4, -0.2) is 32.2 Å². The van der Waals surface area contributed by atoms with Gasteiger partial charge in [0.15, 0.2) is 9.84 Å². The third-order valence-corrected chi connectivity index (χ3v) is 4.15. The molecule has 0 atom stereocenters. The van der Waals surface area contributed by atoms with Gasteiger partial charge < -0.3 is 5.32 Å². The Bertz CT molecular complexity index is 444. The molecule has 0 saturated carbocycles. The first-order chi connectivity index (χ1) is 8.10. The van der Waals surface area contributed by atoms with Crippen molar-refractivity contribution in [3.63, 3.8) is 0 Å². The zero-order valence-electron chi connectivity index (χ0n) is 10.4. The second kappa shape index (κ2) is 6.71. The maximum absolute atomic E-state index is 12.0. The fourth-order valence-electron chi connectivity index (χ4n) is 1.56. The molecule has 0 fully saturated rings. The number of aryl methyl sites for hydroxylation is 1. The molecule has 17 heavy (non-hydrogen) atoms. The van der Waals surface area contributed by atoms with Crippen molar-refractivity contribution < 1.29 is 8.42 Å². The quantitative estimate of drug-likeness (QED) is 0.750. The van der Waals surface area contributed by atoms with E-state index in [0.29, 0.717) is 11.4 Å². The Morgan fingerprint density at radius 1 is 1.29 bits per heavy atom. The average molecular weight is 256 g/mol. The van der Waals surface area contributed by atoms with Gasteiger partial charge >= 0.3 is 0 Å². The van der Waals surface area contributed by atoms with Crippen LogP contribution in [-0.2, 0) is 16.3 Å². The summed E-state index contributed by atoms with van der Waals surface area (Å²) in [6.07, 6.45) is 5.01. The molecule has 1 heterocycles. The van der Waals surface area contributed by atoms with Gasteiger partial charge in [0.05, 0.1) is 10.6 Å². The van der Waals surface area contributed by atoms with Crippen LogP contribution < -0.4 is 5.32 Å². The molecule has 0 bridgehead atoms. The Morgan fingerprint density at radius 2 is 2.06 bits per heavy atom. The molecule has 0 amide bonds. The molecule has 1 aromatic rings. The number of nitrogens with zero attached hydrogens (tertiary/aromatic N) is 1. The average Bonchev–Trinajstić information content (AvgIpc) is 2.30. The van der Waals surface area contributed by atoms with Crippen LogP contribution in [0.2, 0.25) is 0 Å². The highest BCUT2D eigenvalue weighted by Gasteiger charge is 2.14. The van der Waals surface area contributed by atoms with Crippen molar-refractivity contribution in [2.75, 3.05) is 18.8 Å². The standard InChI is InChI=1S/C12H20N2O2S/c1-3-5-11-8-12(10-14-9-11)17(15,16)7-6-13-4-2/h8-10,13H,3-7H2,1-2H3. The maximum atomic E-state index is 12.0. The predicted molar refractivity (Wildman–Crippen MR) is 68.8 cm³/mol. The minimum Gasteiger partial charge on any atom is -0.316 e. The van der Waals surface area contributed by atoms with Gasteiger partial charge in [-0.2, -0.15) is 0 Å². The van der Waals surface area contributed by atoms with E-state index in [1.165, 1.54) is 6.20 Å². The van der Waals surface area contributed by atoms with Crippen LogP contribution in [0.1, 0.15) is 25.8 Å². The van der Waals surface area contributed by atoms with Gasteiger partial charge in [-0.3, -0.25) is 4.98 Å². The van der Waals surface area contributed by atoms with Crippen LogP contribution in [0.4, 0.5) is 0 Å². The summed E-state index contributed by atoms with van der Waals surface area (Å²) < 4.78 is 24.0. The molecule has 0 aliphatic carbocycles. The summed E-state index contributed by atoms with van der Waals surface area (Å²) in [7, 11) is -3.20. The van der Waals surface area contributed by atoms with Gasteiger partial charge in [0, 0.05) is 18.9 Å². The first-order valence-corrected chi connectivity index (χ1v) is 7.62. The third kappa shape index (κ3) is 4.44. The van der Waals surface area contributed by atoms with Gasteiger partial charge in [-0.1, -0.05) is 20.3 Å². The molecule has 0 unspecified atom stereocenters. The lowest BCUT2D eigenvalue weighted by molar-refractivity contribution is 0.591. The normalized spacial score (nSPS) is 11.6. The van der Waals surface area contributed by atoms with E-state index >= 15 is 0 Å². The van der Waals surface area contributed by atoms with E-state index in [9.17, 15) is 8.42 Å². The molecule has 0 spiro atoms. The van der Waals surface area contributed by atoms with Crippen LogP contribution in [0, 0.1) is 0 Å². The molecule has 96 valence electrons. The molecule has 1 aromatic heterocycles. The molecule has 0 aromatic carbocycles. The summed E-state index contributed by atoms with van der Waals surface area (Å²) in [6.45, 7) is 5.28. The monoisotopic (exact) mass is 256 g/mol. The van der Waals surface area contributed by atoms with Crippen molar-refractivity contribution in [1.29, 1.82) is 0 Å². The SMILES string of the molecule is CCCc1cncc(S(=O)(=O)CCNCC)c1. The van der Waals surface area contributed by atoms with Crippen molar-refractivity contribution >= 4 is 9.84 Å². The molecule has 0 saturated heterocycles. The van der Waals surface area contributed by atoms with Gasteiger partial charge in [-0.25, -0.2) is 8.42 Å². The summed E-state index contributed by atoms with van der Waals surface area (Å²) in [4.78, 5) is 4.33. The molecule has 0 aliphatic rings. The van der Waals surface area contributed by atoms with Crippen molar-refractivity contribution in [2.24, 2.45) is 0 Å². The number of hydrogen-bond donors (Lipinski definition) is 1. The lowest BCUT2D eigenvalue weighted by Crippen LogP contribution is -2.22. The number of hydrogen-bond acceptors (Lipinski definition) is 4. The van der Waals surface area contributed by atoms with E-state index in [-0.39, 0.29) is 5.75 Å². The first-order valence-electron chi connectivity index (χ1n) is 5.97. The van der Waals surface area contributed by atoms with Crippen molar-refractivity contribution in [2.45, 2.75) is 31.6 Å². The fourth-order valence-corrected chi connectivity index (χ4v) is 2.76. The van der Waals surface area contributed by atoms with E-state index in [1.807, 2.05) is 6.92 Å². The Morgan fingerprint density at radius 3 is 2.71 bits per heavy atom. The van der Waals surface area contributed by atoms with E-state index in [2.05, 4.69) is 17.2 Å². The highest BCUT2D eigenvalue weighted by molar-refractivity contribution is 7.91. The summed E-state index contributed by atoms with van der Waals surface area (Å²) in [5, 5.41) is 3.01. The number of pyridine rings is 1. The Balaban J connectivity index is 2.79. The van der Waals surface area contributed by atoms with Gasteiger partial charge in [-0.05, 0) is 24.6 Å². The molecule has 4 nitrogen and oxygen atoms in total.